The van der Waals surface area contributed by atoms with Crippen molar-refractivity contribution in [2.24, 2.45) is 5.41 Å². The van der Waals surface area contributed by atoms with E-state index < -0.39 is 29.2 Å². The molecular weight excluding hydrogens is 449 g/mol. The molecule has 0 spiro atoms. The zero-order valence-corrected chi connectivity index (χ0v) is 19.4. The van der Waals surface area contributed by atoms with Crippen molar-refractivity contribution in [3.8, 4) is 11.4 Å². The Labute approximate surface area is 195 Å². The molecule has 1 atom stereocenters. The van der Waals surface area contributed by atoms with Crippen LogP contribution in [0.25, 0.3) is 11.4 Å². The topological polar surface area (TPSA) is 95.5 Å². The Balaban J connectivity index is 1.77. The molecule has 2 N–H and O–H groups in total. The Bertz CT molecular complexity index is 1170. The van der Waals surface area contributed by atoms with Crippen LogP contribution in [0.2, 0.25) is 0 Å². The maximum Gasteiger partial charge on any atom is 0.393 e. The molecule has 3 heterocycles. The molecule has 1 saturated heterocycles. The average molecular weight is 476 g/mol. The lowest BCUT2D eigenvalue weighted by atomic mass is 9.62. The number of aromatic nitrogens is 3. The molecule has 34 heavy (non-hydrogen) atoms. The van der Waals surface area contributed by atoms with Crippen molar-refractivity contribution in [3.63, 3.8) is 0 Å². The van der Waals surface area contributed by atoms with Gasteiger partial charge in [0, 0.05) is 42.0 Å². The van der Waals surface area contributed by atoms with Crippen LogP contribution in [0.5, 0.6) is 0 Å². The number of pyridine rings is 1. The van der Waals surface area contributed by atoms with Crippen LogP contribution in [0.1, 0.15) is 43.4 Å². The predicted molar refractivity (Wildman–Crippen MR) is 118 cm³/mol. The largest absolute Gasteiger partial charge is 0.393 e. The lowest BCUT2D eigenvalue weighted by Gasteiger charge is -2.55. The van der Waals surface area contributed by atoms with Crippen molar-refractivity contribution in [3.05, 3.63) is 65.3 Å². The molecule has 1 fully saturated rings. The highest BCUT2D eigenvalue weighted by Gasteiger charge is 2.55. The molecule has 0 aliphatic carbocycles. The molecule has 0 radical (unpaired) electrons. The summed E-state index contributed by atoms with van der Waals surface area (Å²) in [4.78, 5) is 10.6. The Morgan fingerprint density at radius 1 is 1.06 bits per heavy atom. The first-order valence-corrected chi connectivity index (χ1v) is 10.8. The van der Waals surface area contributed by atoms with Gasteiger partial charge < -0.3 is 19.6 Å². The van der Waals surface area contributed by atoms with Crippen molar-refractivity contribution in [1.29, 1.82) is 0 Å². The third kappa shape index (κ3) is 4.45. The Morgan fingerprint density at radius 3 is 2.24 bits per heavy atom. The number of likely N-dealkylation sites (tertiary alicyclic amines) is 1. The summed E-state index contributed by atoms with van der Waals surface area (Å²) in [5.41, 5.74) is -1.96. The normalized spacial score (nSPS) is 18.4. The summed E-state index contributed by atoms with van der Waals surface area (Å²) >= 11 is 0. The summed E-state index contributed by atoms with van der Waals surface area (Å²) in [5, 5.41) is 26.2. The monoisotopic (exact) mass is 476 g/mol. The Hall–Kier alpha value is -2.82. The summed E-state index contributed by atoms with van der Waals surface area (Å²) in [6.07, 6.45) is -2.30. The van der Waals surface area contributed by atoms with E-state index in [1.54, 1.807) is 6.07 Å². The fraction of sp³-hybridized carbons (Fsp3) is 0.458. The molecule has 0 bridgehead atoms. The molecule has 0 saturated carbocycles. The number of halogens is 3. The minimum absolute atomic E-state index is 0.0380. The molecule has 0 unspecified atom stereocenters. The fourth-order valence-electron chi connectivity index (χ4n) is 4.68. The standard InChI is InChI=1S/C24H27F3N4O3/c1-21(2,32)20-29-19(30-34-20)16-9-18(12-28-11-16)24(33,22(3)13-31(4)14-22)17-7-5-15(6-8-17)10-23(25,26)27/h5-9,11-12,32-33H,10,13-14H2,1-4H3/t24-/m0/s1. The lowest BCUT2D eigenvalue weighted by molar-refractivity contribution is -0.128. The van der Waals surface area contributed by atoms with E-state index in [1.807, 2.05) is 14.0 Å². The second-order valence-corrected chi connectivity index (χ2v) is 9.88. The number of nitrogens with zero attached hydrogens (tertiary/aromatic N) is 4. The lowest BCUT2D eigenvalue weighted by Crippen LogP contribution is -2.63. The van der Waals surface area contributed by atoms with E-state index in [-0.39, 0.29) is 17.3 Å². The summed E-state index contributed by atoms with van der Waals surface area (Å²) in [7, 11) is 1.93. The van der Waals surface area contributed by atoms with Crippen molar-refractivity contribution in [1.82, 2.24) is 20.0 Å². The second kappa shape index (κ2) is 8.14. The number of benzene rings is 1. The molecule has 182 valence electrons. The van der Waals surface area contributed by atoms with Crippen LogP contribution in [0, 0.1) is 5.41 Å². The highest BCUT2D eigenvalue weighted by atomic mass is 19.4. The summed E-state index contributed by atoms with van der Waals surface area (Å²) < 4.78 is 43.6. The SMILES string of the molecule is CN1CC(C)([C@](O)(c2ccc(CC(F)(F)F)cc2)c2cncc(-c3noc(C(C)(C)O)n3)c2)C1. The van der Waals surface area contributed by atoms with Crippen LogP contribution in [0.4, 0.5) is 13.2 Å². The number of alkyl halides is 3. The molecule has 3 aromatic rings. The van der Waals surface area contributed by atoms with Gasteiger partial charge in [-0.1, -0.05) is 36.3 Å². The first-order chi connectivity index (χ1) is 15.7. The number of hydrogen-bond acceptors (Lipinski definition) is 7. The minimum Gasteiger partial charge on any atom is -0.381 e. The van der Waals surface area contributed by atoms with Gasteiger partial charge in [0.25, 0.3) is 5.89 Å². The van der Waals surface area contributed by atoms with E-state index in [0.29, 0.717) is 29.8 Å². The quantitative estimate of drug-likeness (QED) is 0.561. The van der Waals surface area contributed by atoms with Gasteiger partial charge in [0.1, 0.15) is 11.2 Å². The molecule has 1 aliphatic rings. The molecular formula is C24H27F3N4O3. The third-order valence-electron chi connectivity index (χ3n) is 6.25. The van der Waals surface area contributed by atoms with E-state index in [1.165, 1.54) is 50.5 Å². The van der Waals surface area contributed by atoms with Crippen LogP contribution in [-0.4, -0.2) is 56.6 Å². The van der Waals surface area contributed by atoms with E-state index in [9.17, 15) is 23.4 Å². The molecule has 10 heteroatoms. The third-order valence-corrected chi connectivity index (χ3v) is 6.25. The molecule has 7 nitrogen and oxygen atoms in total. The van der Waals surface area contributed by atoms with Gasteiger partial charge in [-0.15, -0.1) is 0 Å². The average Bonchev–Trinajstić information content (AvgIpc) is 3.22. The van der Waals surface area contributed by atoms with Gasteiger partial charge in [0.05, 0.1) is 6.42 Å². The van der Waals surface area contributed by atoms with Crippen molar-refractivity contribution in [2.75, 3.05) is 20.1 Å². The van der Waals surface area contributed by atoms with Crippen molar-refractivity contribution >= 4 is 0 Å². The van der Waals surface area contributed by atoms with Crippen molar-refractivity contribution < 1.29 is 27.9 Å². The molecule has 0 amide bonds. The molecule has 2 aromatic heterocycles. The number of aliphatic hydroxyl groups is 2. The first-order valence-electron chi connectivity index (χ1n) is 10.8. The minimum atomic E-state index is -4.31. The van der Waals surface area contributed by atoms with Gasteiger partial charge in [0.15, 0.2) is 0 Å². The number of hydrogen-bond donors (Lipinski definition) is 2. The first kappa shape index (κ1) is 24.3. The smallest absolute Gasteiger partial charge is 0.381 e. The summed E-state index contributed by atoms with van der Waals surface area (Å²) in [5.74, 6) is 0.237. The molecule has 1 aliphatic heterocycles. The molecule has 1 aromatic carbocycles. The van der Waals surface area contributed by atoms with Gasteiger partial charge in [-0.25, -0.2) is 0 Å². The zero-order valence-electron chi connectivity index (χ0n) is 19.4. The van der Waals surface area contributed by atoms with E-state index in [0.717, 1.165) is 0 Å². The van der Waals surface area contributed by atoms with Gasteiger partial charge in [-0.05, 0) is 38.1 Å². The Morgan fingerprint density at radius 2 is 1.71 bits per heavy atom. The maximum absolute atomic E-state index is 12.8. The van der Waals surface area contributed by atoms with Crippen LogP contribution in [0.15, 0.2) is 47.2 Å². The van der Waals surface area contributed by atoms with Gasteiger partial charge in [-0.2, -0.15) is 18.2 Å². The van der Waals surface area contributed by atoms with Gasteiger partial charge in [0.2, 0.25) is 5.82 Å². The van der Waals surface area contributed by atoms with Gasteiger partial charge in [-0.3, -0.25) is 4.98 Å². The van der Waals surface area contributed by atoms with E-state index >= 15 is 0 Å². The van der Waals surface area contributed by atoms with Crippen molar-refractivity contribution in [2.45, 2.75) is 44.6 Å². The fourth-order valence-corrected chi connectivity index (χ4v) is 4.68. The van der Waals surface area contributed by atoms with E-state index in [4.69, 9.17) is 4.52 Å². The van der Waals surface area contributed by atoms with Crippen LogP contribution in [0.3, 0.4) is 0 Å². The Kier molecular flexibility index (Phi) is 5.82. The summed E-state index contributed by atoms with van der Waals surface area (Å²) in [6.45, 7) is 6.12. The van der Waals surface area contributed by atoms with Crippen LogP contribution < -0.4 is 0 Å². The predicted octanol–water partition coefficient (Wildman–Crippen LogP) is 3.65. The van der Waals surface area contributed by atoms with E-state index in [2.05, 4.69) is 20.0 Å². The van der Waals surface area contributed by atoms with Crippen LogP contribution in [-0.2, 0) is 17.6 Å². The highest BCUT2D eigenvalue weighted by Crippen LogP contribution is 2.50. The molecule has 4 rings (SSSR count). The zero-order chi connectivity index (χ0) is 24.9. The van der Waals surface area contributed by atoms with Crippen LogP contribution >= 0.6 is 0 Å². The highest BCUT2D eigenvalue weighted by molar-refractivity contribution is 5.56. The second-order valence-electron chi connectivity index (χ2n) is 9.88. The number of rotatable bonds is 6. The summed E-state index contributed by atoms with van der Waals surface area (Å²) in [6, 6.07) is 7.56. The maximum atomic E-state index is 12.8. The van der Waals surface area contributed by atoms with Gasteiger partial charge >= 0.3 is 6.18 Å².